The molecule has 2 amide bonds. The number of aryl methyl sites for hydroxylation is 3. The molecule has 0 saturated carbocycles. The summed E-state index contributed by atoms with van der Waals surface area (Å²) in [7, 11) is -4.07. The number of sulfonamides is 1. The highest BCUT2D eigenvalue weighted by molar-refractivity contribution is 7.92. The number of amides is 2. The van der Waals surface area contributed by atoms with Crippen molar-refractivity contribution in [3.8, 4) is 0 Å². The second-order valence-electron chi connectivity index (χ2n) is 9.53. The van der Waals surface area contributed by atoms with Crippen molar-refractivity contribution in [1.82, 2.24) is 10.2 Å². The maximum Gasteiger partial charge on any atom is 0.264 e. The Morgan fingerprint density at radius 1 is 0.895 bits per heavy atom. The van der Waals surface area contributed by atoms with E-state index in [1.54, 1.807) is 31.2 Å². The molecule has 0 heterocycles. The molecule has 3 aromatic carbocycles. The SMILES string of the molecule is CCCNC(=O)[C@H](C)N(Cc1ccccc1C)C(=O)CN(c1ccc(C)cc1C)S(=O)(=O)c1ccccc1. The molecule has 202 valence electrons. The zero-order valence-electron chi connectivity index (χ0n) is 22.8. The highest BCUT2D eigenvalue weighted by Gasteiger charge is 2.33. The summed E-state index contributed by atoms with van der Waals surface area (Å²) in [5.41, 5.74) is 4.01. The smallest absolute Gasteiger partial charge is 0.264 e. The van der Waals surface area contributed by atoms with E-state index < -0.39 is 28.5 Å². The van der Waals surface area contributed by atoms with Gasteiger partial charge in [0.05, 0.1) is 10.6 Å². The van der Waals surface area contributed by atoms with E-state index in [2.05, 4.69) is 5.32 Å². The van der Waals surface area contributed by atoms with Crippen molar-refractivity contribution in [1.29, 1.82) is 0 Å². The molecule has 3 aromatic rings. The molecule has 0 radical (unpaired) electrons. The summed E-state index contributed by atoms with van der Waals surface area (Å²) < 4.78 is 28.9. The van der Waals surface area contributed by atoms with Crippen molar-refractivity contribution >= 4 is 27.5 Å². The number of nitrogens with one attached hydrogen (secondary N) is 1. The fraction of sp³-hybridized carbons (Fsp3) is 0.333. The van der Waals surface area contributed by atoms with E-state index in [1.807, 2.05) is 64.1 Å². The maximum atomic E-state index is 14.0. The molecule has 0 spiro atoms. The Bertz CT molecular complexity index is 1370. The monoisotopic (exact) mass is 535 g/mol. The van der Waals surface area contributed by atoms with Crippen molar-refractivity contribution in [3.63, 3.8) is 0 Å². The lowest BCUT2D eigenvalue weighted by atomic mass is 10.1. The number of rotatable bonds is 11. The predicted octanol–water partition coefficient (Wildman–Crippen LogP) is 4.75. The molecule has 0 saturated heterocycles. The quantitative estimate of drug-likeness (QED) is 0.384. The zero-order chi connectivity index (χ0) is 27.9. The molecular formula is C30H37N3O4S. The molecule has 0 bridgehead atoms. The highest BCUT2D eigenvalue weighted by Crippen LogP contribution is 2.28. The van der Waals surface area contributed by atoms with Crippen molar-refractivity contribution in [2.75, 3.05) is 17.4 Å². The van der Waals surface area contributed by atoms with Crippen LogP contribution in [-0.2, 0) is 26.2 Å². The lowest BCUT2D eigenvalue weighted by Gasteiger charge is -2.32. The number of hydrogen-bond acceptors (Lipinski definition) is 4. The number of benzene rings is 3. The molecule has 0 fully saturated rings. The number of nitrogens with zero attached hydrogens (tertiary/aromatic N) is 2. The molecule has 0 unspecified atom stereocenters. The van der Waals surface area contributed by atoms with Crippen molar-refractivity contribution < 1.29 is 18.0 Å². The summed E-state index contributed by atoms with van der Waals surface area (Å²) in [6.45, 7) is 9.56. The van der Waals surface area contributed by atoms with E-state index in [0.29, 0.717) is 12.2 Å². The molecule has 0 aliphatic heterocycles. The van der Waals surface area contributed by atoms with Crippen molar-refractivity contribution in [3.05, 3.63) is 95.1 Å². The Morgan fingerprint density at radius 3 is 2.18 bits per heavy atom. The van der Waals surface area contributed by atoms with Gasteiger partial charge in [0.1, 0.15) is 12.6 Å². The molecule has 0 aromatic heterocycles. The van der Waals surface area contributed by atoms with Gasteiger partial charge in [-0.15, -0.1) is 0 Å². The van der Waals surface area contributed by atoms with Crippen LogP contribution >= 0.6 is 0 Å². The Morgan fingerprint density at radius 2 is 1.55 bits per heavy atom. The van der Waals surface area contributed by atoms with Gasteiger partial charge in [0.2, 0.25) is 11.8 Å². The van der Waals surface area contributed by atoms with E-state index in [1.165, 1.54) is 17.0 Å². The predicted molar refractivity (Wildman–Crippen MR) is 151 cm³/mol. The number of anilines is 1. The summed E-state index contributed by atoms with van der Waals surface area (Å²) in [5.74, 6) is -0.746. The third kappa shape index (κ3) is 6.81. The first-order valence-corrected chi connectivity index (χ1v) is 14.3. The molecule has 38 heavy (non-hydrogen) atoms. The van der Waals surface area contributed by atoms with Gasteiger partial charge in [0, 0.05) is 13.1 Å². The summed E-state index contributed by atoms with van der Waals surface area (Å²) >= 11 is 0. The minimum atomic E-state index is -4.07. The molecule has 0 aliphatic carbocycles. The third-order valence-corrected chi connectivity index (χ3v) is 8.32. The Hall–Kier alpha value is -3.65. The van der Waals surface area contributed by atoms with Crippen LogP contribution in [0.25, 0.3) is 0 Å². The van der Waals surface area contributed by atoms with Crippen LogP contribution in [0.2, 0.25) is 0 Å². The van der Waals surface area contributed by atoms with Crippen LogP contribution in [0.3, 0.4) is 0 Å². The normalized spacial score (nSPS) is 12.0. The molecule has 7 nitrogen and oxygen atoms in total. The van der Waals surface area contributed by atoms with Gasteiger partial charge < -0.3 is 10.2 Å². The first-order valence-electron chi connectivity index (χ1n) is 12.8. The fourth-order valence-corrected chi connectivity index (χ4v) is 5.77. The van der Waals surface area contributed by atoms with Gasteiger partial charge in [-0.3, -0.25) is 13.9 Å². The minimum Gasteiger partial charge on any atom is -0.354 e. The van der Waals surface area contributed by atoms with Gasteiger partial charge >= 0.3 is 0 Å². The third-order valence-electron chi connectivity index (χ3n) is 6.55. The molecule has 1 N–H and O–H groups in total. The lowest BCUT2D eigenvalue weighted by molar-refractivity contribution is -0.139. The Balaban J connectivity index is 2.05. The van der Waals surface area contributed by atoms with Crippen LogP contribution in [-0.4, -0.2) is 44.3 Å². The average Bonchev–Trinajstić information content (AvgIpc) is 2.90. The second-order valence-corrected chi connectivity index (χ2v) is 11.4. The van der Waals surface area contributed by atoms with Crippen LogP contribution in [0.1, 0.15) is 42.5 Å². The number of hydrogen-bond donors (Lipinski definition) is 1. The largest absolute Gasteiger partial charge is 0.354 e. The van der Waals surface area contributed by atoms with E-state index >= 15 is 0 Å². The van der Waals surface area contributed by atoms with E-state index in [9.17, 15) is 18.0 Å². The summed E-state index contributed by atoms with van der Waals surface area (Å²) in [4.78, 5) is 28.5. The molecule has 3 rings (SSSR count). The van der Waals surface area contributed by atoms with Gasteiger partial charge in [-0.05, 0) is 69.0 Å². The molecule has 8 heteroatoms. The van der Waals surface area contributed by atoms with E-state index in [-0.39, 0.29) is 17.3 Å². The van der Waals surface area contributed by atoms with Crippen LogP contribution in [0.5, 0.6) is 0 Å². The van der Waals surface area contributed by atoms with Gasteiger partial charge in [-0.25, -0.2) is 8.42 Å². The standard InChI is InChI=1S/C30H37N3O4S/c1-6-18-31-30(35)25(5)32(20-26-13-11-10-12-23(26)3)29(34)21-33(28-17-16-22(2)19-24(28)4)38(36,37)27-14-8-7-9-15-27/h7-17,19,25H,6,18,20-21H2,1-5H3,(H,31,35)/t25-/m0/s1. The lowest BCUT2D eigenvalue weighted by Crippen LogP contribution is -2.51. The first kappa shape index (κ1) is 28.9. The number of carbonyl (C=O) groups is 2. The van der Waals surface area contributed by atoms with Gasteiger partial charge in [-0.1, -0.05) is 67.1 Å². The summed E-state index contributed by atoms with van der Waals surface area (Å²) in [6, 6.07) is 20.4. The van der Waals surface area contributed by atoms with Crippen molar-refractivity contribution in [2.45, 2.75) is 58.5 Å². The van der Waals surface area contributed by atoms with Gasteiger partial charge in [-0.2, -0.15) is 0 Å². The first-order chi connectivity index (χ1) is 18.1. The molecule has 0 aliphatic rings. The molecule has 1 atom stereocenters. The second kappa shape index (κ2) is 12.7. The Labute approximate surface area is 226 Å². The molecular weight excluding hydrogens is 498 g/mol. The zero-order valence-corrected chi connectivity index (χ0v) is 23.6. The van der Waals surface area contributed by atoms with Crippen LogP contribution in [0, 0.1) is 20.8 Å². The topological polar surface area (TPSA) is 86.8 Å². The summed E-state index contributed by atoms with van der Waals surface area (Å²) in [5, 5.41) is 2.86. The van der Waals surface area contributed by atoms with Gasteiger partial charge in [0.25, 0.3) is 10.0 Å². The van der Waals surface area contributed by atoms with Crippen LogP contribution in [0.15, 0.2) is 77.7 Å². The van der Waals surface area contributed by atoms with Crippen molar-refractivity contribution in [2.24, 2.45) is 0 Å². The highest BCUT2D eigenvalue weighted by atomic mass is 32.2. The number of carbonyl (C=O) groups excluding carboxylic acids is 2. The average molecular weight is 536 g/mol. The summed E-state index contributed by atoms with van der Waals surface area (Å²) in [6.07, 6.45) is 0.764. The fourth-order valence-electron chi connectivity index (χ4n) is 4.27. The Kier molecular flexibility index (Phi) is 9.69. The minimum absolute atomic E-state index is 0.0898. The van der Waals surface area contributed by atoms with E-state index in [4.69, 9.17) is 0 Å². The van der Waals surface area contributed by atoms with E-state index in [0.717, 1.165) is 33.0 Å². The van der Waals surface area contributed by atoms with Crippen LogP contribution < -0.4 is 9.62 Å². The maximum absolute atomic E-state index is 14.0. The van der Waals surface area contributed by atoms with Gasteiger partial charge in [0.15, 0.2) is 0 Å². The van der Waals surface area contributed by atoms with Crippen LogP contribution in [0.4, 0.5) is 5.69 Å².